The number of nitrogens with zero attached hydrogens (tertiary/aromatic N) is 1. The Labute approximate surface area is 126 Å². The van der Waals surface area contributed by atoms with Crippen LogP contribution >= 0.6 is 0 Å². The zero-order chi connectivity index (χ0) is 15.8. The molecule has 1 aliphatic carbocycles. The normalized spacial score (nSPS) is 23.5. The van der Waals surface area contributed by atoms with E-state index < -0.39 is 15.8 Å². The maximum Gasteiger partial charge on any atom is 0.246 e. The van der Waals surface area contributed by atoms with Gasteiger partial charge in [0, 0.05) is 18.8 Å². The minimum absolute atomic E-state index is 0.0695. The maximum absolute atomic E-state index is 14.2. The SMILES string of the molecule is Cc1cc(N)cc(S(=O)(=O)N(C)C2CCCC(C)C2)c1F. The largest absolute Gasteiger partial charge is 0.399 e. The average Bonchev–Trinajstić information content (AvgIpc) is 2.41. The second-order valence-corrected chi connectivity index (χ2v) is 8.06. The first kappa shape index (κ1) is 16.2. The Morgan fingerprint density at radius 1 is 1.33 bits per heavy atom. The van der Waals surface area contributed by atoms with Crippen molar-refractivity contribution in [2.75, 3.05) is 12.8 Å². The lowest BCUT2D eigenvalue weighted by molar-refractivity contribution is 0.238. The molecule has 118 valence electrons. The molecule has 2 atom stereocenters. The van der Waals surface area contributed by atoms with Crippen molar-refractivity contribution in [1.82, 2.24) is 4.31 Å². The quantitative estimate of drug-likeness (QED) is 0.873. The van der Waals surface area contributed by atoms with Crippen molar-refractivity contribution in [3.05, 3.63) is 23.5 Å². The standard InChI is InChI=1S/C15H23FN2O2S/c1-10-5-4-6-13(7-10)18(3)21(19,20)14-9-12(17)8-11(2)15(14)16/h8-10,13H,4-7,17H2,1-3H3. The molecule has 0 radical (unpaired) electrons. The average molecular weight is 314 g/mol. The lowest BCUT2D eigenvalue weighted by atomic mass is 9.87. The summed E-state index contributed by atoms with van der Waals surface area (Å²) in [5.41, 5.74) is 6.19. The van der Waals surface area contributed by atoms with E-state index in [-0.39, 0.29) is 22.2 Å². The number of nitrogens with two attached hydrogens (primary N) is 1. The molecule has 1 aromatic rings. The van der Waals surface area contributed by atoms with Crippen molar-refractivity contribution in [2.24, 2.45) is 5.92 Å². The fraction of sp³-hybridized carbons (Fsp3) is 0.600. The van der Waals surface area contributed by atoms with Crippen LogP contribution in [0.1, 0.15) is 38.2 Å². The fourth-order valence-corrected chi connectivity index (χ4v) is 4.60. The topological polar surface area (TPSA) is 63.4 Å². The van der Waals surface area contributed by atoms with Crippen LogP contribution in [0.25, 0.3) is 0 Å². The second-order valence-electron chi connectivity index (χ2n) is 6.10. The number of rotatable bonds is 3. The summed E-state index contributed by atoms with van der Waals surface area (Å²) in [6.45, 7) is 3.64. The van der Waals surface area contributed by atoms with Crippen molar-refractivity contribution in [2.45, 2.75) is 50.5 Å². The number of benzene rings is 1. The van der Waals surface area contributed by atoms with E-state index in [1.807, 2.05) is 0 Å². The molecule has 0 aliphatic heterocycles. The summed E-state index contributed by atoms with van der Waals surface area (Å²) in [6.07, 6.45) is 3.77. The lowest BCUT2D eigenvalue weighted by Gasteiger charge is -2.33. The molecule has 21 heavy (non-hydrogen) atoms. The van der Waals surface area contributed by atoms with E-state index >= 15 is 0 Å². The second kappa shape index (κ2) is 5.93. The first-order valence-corrected chi connectivity index (χ1v) is 8.71. The van der Waals surface area contributed by atoms with E-state index in [2.05, 4.69) is 6.92 Å². The molecule has 1 aromatic carbocycles. The molecular formula is C15H23FN2O2S. The zero-order valence-electron chi connectivity index (χ0n) is 12.8. The van der Waals surface area contributed by atoms with Crippen molar-refractivity contribution < 1.29 is 12.8 Å². The number of hydrogen-bond donors (Lipinski definition) is 1. The summed E-state index contributed by atoms with van der Waals surface area (Å²) in [5, 5.41) is 0. The van der Waals surface area contributed by atoms with Gasteiger partial charge in [0.25, 0.3) is 0 Å². The van der Waals surface area contributed by atoms with Crippen molar-refractivity contribution in [3.8, 4) is 0 Å². The third-order valence-corrected chi connectivity index (χ3v) is 6.23. The molecule has 0 bridgehead atoms. The van der Waals surface area contributed by atoms with Gasteiger partial charge in [-0.25, -0.2) is 12.8 Å². The molecule has 2 unspecified atom stereocenters. The highest BCUT2D eigenvalue weighted by atomic mass is 32.2. The number of nitrogen functional groups attached to an aromatic ring is 1. The third-order valence-electron chi connectivity index (χ3n) is 4.32. The van der Waals surface area contributed by atoms with E-state index in [0.29, 0.717) is 5.92 Å². The van der Waals surface area contributed by atoms with E-state index in [0.717, 1.165) is 25.7 Å². The molecule has 2 N–H and O–H groups in total. The highest BCUT2D eigenvalue weighted by Crippen LogP contribution is 2.31. The Bertz CT molecular complexity index is 631. The van der Waals surface area contributed by atoms with Crippen molar-refractivity contribution in [3.63, 3.8) is 0 Å². The summed E-state index contributed by atoms with van der Waals surface area (Å²) in [5.74, 6) is -0.214. The molecule has 4 nitrogen and oxygen atoms in total. The van der Waals surface area contributed by atoms with Crippen LogP contribution in [-0.2, 0) is 10.0 Å². The minimum Gasteiger partial charge on any atom is -0.399 e. The fourth-order valence-electron chi connectivity index (χ4n) is 3.04. The molecule has 1 fully saturated rings. The predicted octanol–water partition coefficient (Wildman–Crippen LogP) is 2.92. The monoisotopic (exact) mass is 314 g/mol. The van der Waals surface area contributed by atoms with Gasteiger partial charge >= 0.3 is 0 Å². The smallest absolute Gasteiger partial charge is 0.246 e. The summed E-state index contributed by atoms with van der Waals surface area (Å²) in [7, 11) is -2.32. The molecule has 0 amide bonds. The number of aryl methyl sites for hydroxylation is 1. The maximum atomic E-state index is 14.2. The van der Waals surface area contributed by atoms with Crippen LogP contribution in [0.5, 0.6) is 0 Å². The van der Waals surface area contributed by atoms with Crippen LogP contribution in [0.2, 0.25) is 0 Å². The van der Waals surface area contributed by atoms with E-state index in [4.69, 9.17) is 5.73 Å². The van der Waals surface area contributed by atoms with Gasteiger partial charge in [0.05, 0.1) is 0 Å². The van der Waals surface area contributed by atoms with Gasteiger partial charge in [0.15, 0.2) is 0 Å². The van der Waals surface area contributed by atoms with Crippen LogP contribution in [0.15, 0.2) is 17.0 Å². The predicted molar refractivity (Wildman–Crippen MR) is 81.9 cm³/mol. The van der Waals surface area contributed by atoms with Gasteiger partial charge in [-0.2, -0.15) is 4.31 Å². The first-order valence-electron chi connectivity index (χ1n) is 7.27. The van der Waals surface area contributed by atoms with Crippen LogP contribution in [0, 0.1) is 18.7 Å². The summed E-state index contributed by atoms with van der Waals surface area (Å²) in [6, 6.07) is 2.58. The lowest BCUT2D eigenvalue weighted by Crippen LogP contribution is -2.40. The van der Waals surface area contributed by atoms with Crippen LogP contribution in [0.4, 0.5) is 10.1 Å². The zero-order valence-corrected chi connectivity index (χ0v) is 13.6. The molecule has 1 saturated carbocycles. The van der Waals surface area contributed by atoms with Gasteiger partial charge in [-0.05, 0) is 43.4 Å². The van der Waals surface area contributed by atoms with Crippen molar-refractivity contribution >= 4 is 15.7 Å². The van der Waals surface area contributed by atoms with Gasteiger partial charge in [-0.3, -0.25) is 0 Å². The van der Waals surface area contributed by atoms with Gasteiger partial charge in [-0.1, -0.05) is 19.8 Å². The van der Waals surface area contributed by atoms with Crippen LogP contribution in [0.3, 0.4) is 0 Å². The molecule has 0 saturated heterocycles. The molecular weight excluding hydrogens is 291 g/mol. The number of sulfonamides is 1. The van der Waals surface area contributed by atoms with Gasteiger partial charge in [0.2, 0.25) is 10.0 Å². The Morgan fingerprint density at radius 2 is 2.00 bits per heavy atom. The Kier molecular flexibility index (Phi) is 4.58. The van der Waals surface area contributed by atoms with E-state index in [9.17, 15) is 12.8 Å². The van der Waals surface area contributed by atoms with Crippen LogP contribution < -0.4 is 5.73 Å². The van der Waals surface area contributed by atoms with E-state index in [1.54, 1.807) is 0 Å². The van der Waals surface area contributed by atoms with Gasteiger partial charge < -0.3 is 5.73 Å². The van der Waals surface area contributed by atoms with Gasteiger partial charge in [-0.15, -0.1) is 0 Å². The third kappa shape index (κ3) is 3.21. The molecule has 6 heteroatoms. The highest BCUT2D eigenvalue weighted by molar-refractivity contribution is 7.89. The first-order chi connectivity index (χ1) is 9.73. The Balaban J connectivity index is 2.37. The number of anilines is 1. The minimum atomic E-state index is -3.86. The van der Waals surface area contributed by atoms with Gasteiger partial charge in [0.1, 0.15) is 10.7 Å². The molecule has 2 rings (SSSR count). The number of halogens is 1. The van der Waals surface area contributed by atoms with E-state index in [1.165, 1.54) is 30.4 Å². The molecule has 0 heterocycles. The van der Waals surface area contributed by atoms with Crippen LogP contribution in [-0.4, -0.2) is 25.8 Å². The summed E-state index contributed by atoms with van der Waals surface area (Å²) in [4.78, 5) is -0.319. The Morgan fingerprint density at radius 3 is 2.62 bits per heavy atom. The number of hydrogen-bond acceptors (Lipinski definition) is 3. The summed E-state index contributed by atoms with van der Waals surface area (Å²) < 4.78 is 40.9. The molecule has 1 aliphatic rings. The summed E-state index contributed by atoms with van der Waals surface area (Å²) >= 11 is 0. The van der Waals surface area contributed by atoms with Crippen molar-refractivity contribution in [1.29, 1.82) is 0 Å². The molecule has 0 aromatic heterocycles. The highest BCUT2D eigenvalue weighted by Gasteiger charge is 2.33. The molecule has 0 spiro atoms. The Hall–Kier alpha value is -1.14.